The largest absolute Gasteiger partial charge is 0.341 e. The first-order valence-electron chi connectivity index (χ1n) is 5.15. The van der Waals surface area contributed by atoms with E-state index < -0.39 is 5.54 Å². The topological polar surface area (TPSA) is 64.9 Å². The Balaban J connectivity index is 2.58. The maximum Gasteiger partial charge on any atom is 0.241 e. The molecule has 1 unspecified atom stereocenters. The average Bonchev–Trinajstić information content (AvgIpc) is 2.64. The molecule has 0 aromatic rings. The maximum absolute atomic E-state index is 11.8. The molecule has 0 saturated carbocycles. The predicted molar refractivity (Wildman–Crippen MR) is 53.5 cm³/mol. The van der Waals surface area contributed by atoms with Gasteiger partial charge in [0.2, 0.25) is 5.91 Å². The third-order valence-electron chi connectivity index (χ3n) is 2.68. The van der Waals surface area contributed by atoms with Crippen LogP contribution in [0, 0.1) is 11.3 Å². The highest BCUT2D eigenvalue weighted by molar-refractivity contribution is 5.86. The molecule has 1 fully saturated rings. The summed E-state index contributed by atoms with van der Waals surface area (Å²) in [5.74, 6) is -0.0154. The number of carbonyl (C=O) groups excluding carboxylic acids is 1. The Hall–Kier alpha value is -1.08. The molecule has 1 rings (SSSR count). The van der Waals surface area contributed by atoms with Gasteiger partial charge in [-0.3, -0.25) is 4.79 Å². The standard InChI is InChI=1S/C10H17N3O/c1-2-4-10(5-3-7-13-10)9(14)12-8-6-11/h13H,2-5,7-8H2,1H3,(H,12,14). The van der Waals surface area contributed by atoms with Crippen molar-refractivity contribution >= 4 is 5.91 Å². The van der Waals surface area contributed by atoms with Crippen LogP contribution >= 0.6 is 0 Å². The van der Waals surface area contributed by atoms with E-state index in [1.807, 2.05) is 6.07 Å². The van der Waals surface area contributed by atoms with E-state index in [4.69, 9.17) is 5.26 Å². The van der Waals surface area contributed by atoms with E-state index in [9.17, 15) is 4.79 Å². The molecule has 4 heteroatoms. The summed E-state index contributed by atoms with van der Waals surface area (Å²) in [6.07, 6.45) is 3.76. The molecule has 0 radical (unpaired) electrons. The quantitative estimate of drug-likeness (QED) is 0.644. The van der Waals surface area contributed by atoms with Gasteiger partial charge in [0.1, 0.15) is 6.54 Å². The second-order valence-electron chi connectivity index (χ2n) is 3.70. The summed E-state index contributed by atoms with van der Waals surface area (Å²) in [5.41, 5.74) is -0.397. The van der Waals surface area contributed by atoms with Crippen LogP contribution in [0.4, 0.5) is 0 Å². The summed E-state index contributed by atoms with van der Waals surface area (Å²) in [5, 5.41) is 14.3. The lowest BCUT2D eigenvalue weighted by atomic mass is 9.91. The first kappa shape index (κ1) is 11.0. The van der Waals surface area contributed by atoms with Gasteiger partial charge >= 0.3 is 0 Å². The van der Waals surface area contributed by atoms with Crippen molar-refractivity contribution in [2.75, 3.05) is 13.1 Å². The fourth-order valence-corrected chi connectivity index (χ4v) is 2.04. The van der Waals surface area contributed by atoms with Gasteiger partial charge in [-0.2, -0.15) is 5.26 Å². The summed E-state index contributed by atoms with van der Waals surface area (Å²) < 4.78 is 0. The lowest BCUT2D eigenvalue weighted by Gasteiger charge is -2.27. The number of nitriles is 1. The Bertz CT molecular complexity index is 238. The molecule has 14 heavy (non-hydrogen) atoms. The van der Waals surface area contributed by atoms with E-state index in [1.165, 1.54) is 0 Å². The van der Waals surface area contributed by atoms with Crippen LogP contribution in [0.15, 0.2) is 0 Å². The third-order valence-corrected chi connectivity index (χ3v) is 2.68. The summed E-state index contributed by atoms with van der Waals surface area (Å²) in [6, 6.07) is 1.92. The van der Waals surface area contributed by atoms with Crippen LogP contribution in [0.1, 0.15) is 32.6 Å². The van der Waals surface area contributed by atoms with Gasteiger partial charge < -0.3 is 10.6 Å². The predicted octanol–water partition coefficient (Wildman–Crippen LogP) is 0.548. The lowest BCUT2D eigenvalue weighted by molar-refractivity contribution is -0.127. The van der Waals surface area contributed by atoms with Crippen molar-refractivity contribution < 1.29 is 4.79 Å². The molecule has 0 spiro atoms. The van der Waals surface area contributed by atoms with Crippen molar-refractivity contribution in [1.29, 1.82) is 5.26 Å². The first-order valence-corrected chi connectivity index (χ1v) is 5.15. The number of amides is 1. The van der Waals surface area contributed by atoms with Crippen molar-refractivity contribution in [3.63, 3.8) is 0 Å². The first-order chi connectivity index (χ1) is 6.75. The molecule has 0 aromatic heterocycles. The molecule has 1 amide bonds. The lowest BCUT2D eigenvalue weighted by Crippen LogP contribution is -2.53. The van der Waals surface area contributed by atoms with Crippen LogP contribution in [-0.4, -0.2) is 24.5 Å². The van der Waals surface area contributed by atoms with E-state index in [1.54, 1.807) is 0 Å². The molecule has 0 bridgehead atoms. The molecule has 2 N–H and O–H groups in total. The van der Waals surface area contributed by atoms with Crippen LogP contribution < -0.4 is 10.6 Å². The minimum atomic E-state index is -0.397. The number of hydrogen-bond acceptors (Lipinski definition) is 3. The number of hydrogen-bond donors (Lipinski definition) is 2. The number of nitrogens with zero attached hydrogens (tertiary/aromatic N) is 1. The second kappa shape index (κ2) is 4.97. The smallest absolute Gasteiger partial charge is 0.241 e. The molecular weight excluding hydrogens is 178 g/mol. The molecular formula is C10H17N3O. The van der Waals surface area contributed by atoms with Crippen molar-refractivity contribution in [1.82, 2.24) is 10.6 Å². The number of rotatable bonds is 4. The molecule has 78 valence electrons. The summed E-state index contributed by atoms with van der Waals surface area (Å²) in [7, 11) is 0. The molecule has 1 heterocycles. The summed E-state index contributed by atoms with van der Waals surface area (Å²) in [6.45, 7) is 3.07. The minimum Gasteiger partial charge on any atom is -0.341 e. The molecule has 1 saturated heterocycles. The van der Waals surface area contributed by atoms with E-state index in [0.717, 1.165) is 32.2 Å². The van der Waals surface area contributed by atoms with E-state index in [2.05, 4.69) is 17.6 Å². The van der Waals surface area contributed by atoms with Crippen molar-refractivity contribution in [2.24, 2.45) is 0 Å². The van der Waals surface area contributed by atoms with Crippen LogP contribution in [0.3, 0.4) is 0 Å². The van der Waals surface area contributed by atoms with Crippen LogP contribution in [0.2, 0.25) is 0 Å². The highest BCUT2D eigenvalue weighted by Crippen LogP contribution is 2.24. The van der Waals surface area contributed by atoms with E-state index in [0.29, 0.717) is 0 Å². The molecule has 0 aliphatic carbocycles. The Morgan fingerprint density at radius 2 is 2.50 bits per heavy atom. The van der Waals surface area contributed by atoms with Gasteiger partial charge in [-0.05, 0) is 25.8 Å². The average molecular weight is 195 g/mol. The molecule has 4 nitrogen and oxygen atoms in total. The van der Waals surface area contributed by atoms with Gasteiger partial charge in [-0.1, -0.05) is 13.3 Å². The van der Waals surface area contributed by atoms with Gasteiger partial charge in [0.25, 0.3) is 0 Å². The molecule has 1 aliphatic heterocycles. The number of carbonyl (C=O) groups is 1. The fraction of sp³-hybridized carbons (Fsp3) is 0.800. The maximum atomic E-state index is 11.8. The third kappa shape index (κ3) is 2.24. The monoisotopic (exact) mass is 195 g/mol. The van der Waals surface area contributed by atoms with Crippen LogP contribution in [0.5, 0.6) is 0 Å². The molecule has 1 atom stereocenters. The minimum absolute atomic E-state index is 0.0154. The van der Waals surface area contributed by atoms with Crippen LogP contribution in [0.25, 0.3) is 0 Å². The van der Waals surface area contributed by atoms with E-state index >= 15 is 0 Å². The zero-order valence-corrected chi connectivity index (χ0v) is 8.60. The second-order valence-corrected chi connectivity index (χ2v) is 3.70. The zero-order valence-electron chi connectivity index (χ0n) is 8.60. The van der Waals surface area contributed by atoms with Crippen molar-refractivity contribution in [3.8, 4) is 6.07 Å². The highest BCUT2D eigenvalue weighted by atomic mass is 16.2. The van der Waals surface area contributed by atoms with E-state index in [-0.39, 0.29) is 12.5 Å². The normalized spacial score (nSPS) is 25.7. The zero-order chi connectivity index (χ0) is 10.4. The SMILES string of the molecule is CCCC1(C(=O)NCC#N)CCCN1. The molecule has 1 aliphatic rings. The fourth-order valence-electron chi connectivity index (χ4n) is 2.04. The Morgan fingerprint density at radius 1 is 1.71 bits per heavy atom. The highest BCUT2D eigenvalue weighted by Gasteiger charge is 2.39. The summed E-state index contributed by atoms with van der Waals surface area (Å²) in [4.78, 5) is 11.8. The van der Waals surface area contributed by atoms with Crippen LogP contribution in [-0.2, 0) is 4.79 Å². The van der Waals surface area contributed by atoms with Gasteiger partial charge in [0, 0.05) is 0 Å². The summed E-state index contributed by atoms with van der Waals surface area (Å²) >= 11 is 0. The Kier molecular flexibility index (Phi) is 3.90. The van der Waals surface area contributed by atoms with Gasteiger partial charge in [-0.15, -0.1) is 0 Å². The van der Waals surface area contributed by atoms with Crippen molar-refractivity contribution in [2.45, 2.75) is 38.1 Å². The Morgan fingerprint density at radius 3 is 3.00 bits per heavy atom. The van der Waals surface area contributed by atoms with Gasteiger partial charge in [0.15, 0.2) is 0 Å². The van der Waals surface area contributed by atoms with Gasteiger partial charge in [-0.25, -0.2) is 0 Å². The van der Waals surface area contributed by atoms with Gasteiger partial charge in [0.05, 0.1) is 11.6 Å². The number of nitrogens with one attached hydrogen (secondary N) is 2. The molecule has 0 aromatic carbocycles. The van der Waals surface area contributed by atoms with Crippen molar-refractivity contribution in [3.05, 3.63) is 0 Å². The Labute approximate surface area is 84.7 Å².